The van der Waals surface area contributed by atoms with Gasteiger partial charge in [-0.1, -0.05) is 115 Å². The third-order valence-electron chi connectivity index (χ3n) is 9.59. The first-order valence-corrected chi connectivity index (χ1v) is 17.4. The van der Waals surface area contributed by atoms with E-state index in [1.807, 2.05) is 11.3 Å². The molecular weight excluding hydrogens is 611 g/mol. The van der Waals surface area contributed by atoms with Crippen molar-refractivity contribution in [3.05, 3.63) is 140 Å². The van der Waals surface area contributed by atoms with Crippen molar-refractivity contribution in [1.29, 1.82) is 0 Å². The lowest BCUT2D eigenvalue weighted by atomic mass is 10.0. The Hall–Kier alpha value is -5.62. The Morgan fingerprint density at radius 1 is 0.468 bits per heavy atom. The quantitative estimate of drug-likeness (QED) is 0.190. The Kier molecular flexibility index (Phi) is 5.14. The molecule has 0 spiro atoms. The van der Waals surface area contributed by atoms with Gasteiger partial charge in [0.15, 0.2) is 5.82 Å². The first-order chi connectivity index (χ1) is 23.3. The summed E-state index contributed by atoms with van der Waals surface area (Å²) >= 11 is 3.59. The molecule has 4 heterocycles. The zero-order chi connectivity index (χ0) is 30.6. The molecule has 47 heavy (non-hydrogen) atoms. The molecule has 0 bridgehead atoms. The summed E-state index contributed by atoms with van der Waals surface area (Å²) in [6.45, 7) is 0. The predicted molar refractivity (Wildman–Crippen MR) is 203 cm³/mol. The number of benzene rings is 7. The Morgan fingerprint density at radius 3 is 2.06 bits per heavy atom. The van der Waals surface area contributed by atoms with E-state index in [1.54, 1.807) is 11.3 Å². The van der Waals surface area contributed by atoms with Crippen LogP contribution in [0.3, 0.4) is 0 Å². The van der Waals surface area contributed by atoms with Crippen molar-refractivity contribution in [1.82, 2.24) is 14.5 Å². The number of hydrogen-bond donors (Lipinski definition) is 0. The number of nitrogens with zero attached hydrogens (tertiary/aromatic N) is 3. The van der Waals surface area contributed by atoms with E-state index < -0.39 is 0 Å². The lowest BCUT2D eigenvalue weighted by Crippen LogP contribution is -2.03. The Bertz CT molecular complexity index is 3070. The topological polar surface area (TPSA) is 30.7 Å². The molecule has 0 fully saturated rings. The molecule has 5 heteroatoms. The number of rotatable bonds is 2. The average molecular weight is 634 g/mol. The van der Waals surface area contributed by atoms with Gasteiger partial charge in [-0.3, -0.25) is 4.57 Å². The van der Waals surface area contributed by atoms with Gasteiger partial charge >= 0.3 is 0 Å². The van der Waals surface area contributed by atoms with Gasteiger partial charge in [-0.25, -0.2) is 9.97 Å². The van der Waals surface area contributed by atoms with Crippen LogP contribution in [0.4, 0.5) is 0 Å². The normalized spacial score (nSPS) is 12.3. The van der Waals surface area contributed by atoms with Crippen LogP contribution in [0.2, 0.25) is 0 Å². The van der Waals surface area contributed by atoms with Crippen molar-refractivity contribution >= 4 is 107 Å². The summed E-state index contributed by atoms with van der Waals surface area (Å²) in [5.74, 6) is 0.855. The van der Waals surface area contributed by atoms with Crippen molar-refractivity contribution < 1.29 is 0 Å². The van der Waals surface area contributed by atoms with E-state index in [4.69, 9.17) is 9.97 Å². The van der Waals surface area contributed by atoms with Crippen LogP contribution in [-0.2, 0) is 0 Å². The molecule has 0 atom stereocenters. The van der Waals surface area contributed by atoms with Gasteiger partial charge in [0, 0.05) is 46.6 Å². The molecule has 0 aliphatic carbocycles. The zero-order valence-electron chi connectivity index (χ0n) is 24.9. The van der Waals surface area contributed by atoms with Crippen molar-refractivity contribution in [3.63, 3.8) is 0 Å². The number of hydrogen-bond acceptors (Lipinski definition) is 4. The fraction of sp³-hybridized carbons (Fsp3) is 0. The summed E-state index contributed by atoms with van der Waals surface area (Å²) in [6, 6.07) is 50.4. The van der Waals surface area contributed by atoms with Gasteiger partial charge in [-0.15, -0.1) is 22.7 Å². The van der Waals surface area contributed by atoms with Crippen LogP contribution in [0.5, 0.6) is 0 Å². The largest absolute Gasteiger partial charge is 0.292 e. The van der Waals surface area contributed by atoms with E-state index in [1.165, 1.54) is 57.2 Å². The zero-order valence-corrected chi connectivity index (χ0v) is 26.6. The highest BCUT2D eigenvalue weighted by Gasteiger charge is 2.23. The maximum absolute atomic E-state index is 5.54. The average Bonchev–Trinajstić information content (AvgIpc) is 3.79. The third kappa shape index (κ3) is 3.55. The molecule has 0 radical (unpaired) electrons. The van der Waals surface area contributed by atoms with Crippen LogP contribution in [0, 0.1) is 0 Å². The lowest BCUT2D eigenvalue weighted by Gasteiger charge is -2.13. The highest BCUT2D eigenvalue weighted by molar-refractivity contribution is 7.26. The van der Waals surface area contributed by atoms with Gasteiger partial charge in [0.2, 0.25) is 0 Å². The van der Waals surface area contributed by atoms with Gasteiger partial charge in [-0.2, -0.15) is 0 Å². The Morgan fingerprint density at radius 2 is 1.19 bits per heavy atom. The second kappa shape index (κ2) is 9.46. The lowest BCUT2D eigenvalue weighted by molar-refractivity contribution is 1.09. The molecule has 0 amide bonds. The molecule has 0 unspecified atom stereocenters. The Labute approximate surface area is 276 Å². The molecule has 218 valence electrons. The van der Waals surface area contributed by atoms with Gasteiger partial charge < -0.3 is 0 Å². The first kappa shape index (κ1) is 25.6. The van der Waals surface area contributed by atoms with E-state index in [0.717, 1.165) is 43.8 Å². The monoisotopic (exact) mass is 633 g/mol. The molecular formula is C42H23N3S2. The van der Waals surface area contributed by atoms with Crippen LogP contribution in [0.25, 0.3) is 101 Å². The summed E-state index contributed by atoms with van der Waals surface area (Å²) in [5.41, 5.74) is 5.17. The minimum absolute atomic E-state index is 0.855. The SMILES string of the molecule is c1ccc(-c2nc3sc4ccccc4c3nc2-n2c3cc4sc5c6ccccc6ccc5c4cc3c3c4ccccc4ccc32)cc1. The van der Waals surface area contributed by atoms with Crippen molar-refractivity contribution in [2.75, 3.05) is 0 Å². The van der Waals surface area contributed by atoms with E-state index in [0.29, 0.717) is 0 Å². The smallest absolute Gasteiger partial charge is 0.165 e. The van der Waals surface area contributed by atoms with Gasteiger partial charge in [0.1, 0.15) is 16.0 Å². The number of thiophene rings is 2. The van der Waals surface area contributed by atoms with Crippen molar-refractivity contribution in [2.24, 2.45) is 0 Å². The van der Waals surface area contributed by atoms with E-state index in [9.17, 15) is 0 Å². The maximum Gasteiger partial charge on any atom is 0.165 e. The minimum atomic E-state index is 0.855. The third-order valence-corrected chi connectivity index (χ3v) is 11.8. The van der Waals surface area contributed by atoms with Gasteiger partial charge in [0.25, 0.3) is 0 Å². The van der Waals surface area contributed by atoms with Gasteiger partial charge in [-0.05, 0) is 45.8 Å². The highest BCUT2D eigenvalue weighted by atomic mass is 32.1. The minimum Gasteiger partial charge on any atom is -0.292 e. The van der Waals surface area contributed by atoms with E-state index >= 15 is 0 Å². The van der Waals surface area contributed by atoms with Crippen molar-refractivity contribution in [3.8, 4) is 17.1 Å². The summed E-state index contributed by atoms with van der Waals surface area (Å²) in [5, 5.41) is 11.3. The van der Waals surface area contributed by atoms with Crippen LogP contribution in [0.15, 0.2) is 140 Å². The summed E-state index contributed by atoms with van der Waals surface area (Å²) < 4.78 is 6.18. The molecule has 7 aromatic carbocycles. The molecule has 0 saturated carbocycles. The highest BCUT2D eigenvalue weighted by Crippen LogP contribution is 2.45. The molecule has 0 aliphatic heterocycles. The molecule has 0 aliphatic rings. The first-order valence-electron chi connectivity index (χ1n) is 15.8. The summed E-state index contributed by atoms with van der Waals surface area (Å²) in [6.07, 6.45) is 0. The molecule has 0 N–H and O–H groups in total. The maximum atomic E-state index is 5.54. The van der Waals surface area contributed by atoms with E-state index in [-0.39, 0.29) is 0 Å². The summed E-state index contributed by atoms with van der Waals surface area (Å²) in [7, 11) is 0. The summed E-state index contributed by atoms with van der Waals surface area (Å²) in [4.78, 5) is 11.9. The number of aromatic nitrogens is 3. The molecule has 4 aromatic heterocycles. The molecule has 3 nitrogen and oxygen atoms in total. The number of fused-ring (bicyclic) bond motifs is 13. The van der Waals surface area contributed by atoms with Gasteiger partial charge in [0.05, 0.1) is 11.0 Å². The van der Waals surface area contributed by atoms with Crippen LogP contribution >= 0.6 is 22.7 Å². The second-order valence-electron chi connectivity index (χ2n) is 12.2. The molecule has 11 aromatic rings. The fourth-order valence-corrected chi connectivity index (χ4v) is 9.74. The second-order valence-corrected chi connectivity index (χ2v) is 14.2. The Balaban J connectivity index is 1.35. The standard InChI is InChI=1S/C42H23N3S2/c1-2-12-26(13-3-1)38-41(43-39-30-16-8-9-17-35(30)47-42(39)44-38)45-33-21-19-24-10-4-6-14-27(24)37(33)32-22-31-29-20-18-25-11-5-7-15-28(25)40(29)46-36(31)23-34(32)45/h1-23H. The van der Waals surface area contributed by atoms with Crippen LogP contribution < -0.4 is 0 Å². The fourth-order valence-electron chi connectivity index (χ4n) is 7.47. The predicted octanol–water partition coefficient (Wildman–Crippen LogP) is 12.3. The van der Waals surface area contributed by atoms with Crippen molar-refractivity contribution in [2.45, 2.75) is 0 Å². The van der Waals surface area contributed by atoms with Crippen LogP contribution in [-0.4, -0.2) is 14.5 Å². The molecule has 0 saturated heterocycles. The van der Waals surface area contributed by atoms with E-state index in [2.05, 4.69) is 144 Å². The van der Waals surface area contributed by atoms with Crippen LogP contribution in [0.1, 0.15) is 0 Å². The molecule has 11 rings (SSSR count).